The first kappa shape index (κ1) is 23.6. The molecular formula is C40H23N3O. The Morgan fingerprint density at radius 2 is 1.00 bits per heavy atom. The molecule has 204 valence electrons. The molecule has 0 saturated heterocycles. The van der Waals surface area contributed by atoms with Gasteiger partial charge in [-0.05, 0) is 46.5 Å². The highest BCUT2D eigenvalue weighted by Gasteiger charge is 2.25. The van der Waals surface area contributed by atoms with E-state index in [0.29, 0.717) is 0 Å². The quantitative estimate of drug-likeness (QED) is 0.200. The molecule has 0 saturated carbocycles. The molecule has 0 unspecified atom stereocenters. The van der Waals surface area contributed by atoms with Gasteiger partial charge in [-0.3, -0.25) is 9.55 Å². The number of fused-ring (bicyclic) bond motifs is 14. The molecule has 1 aliphatic rings. The van der Waals surface area contributed by atoms with Crippen molar-refractivity contribution in [3.05, 3.63) is 140 Å². The monoisotopic (exact) mass is 561 g/mol. The molecule has 10 rings (SSSR count). The van der Waals surface area contributed by atoms with Crippen molar-refractivity contribution in [2.24, 2.45) is 0 Å². The van der Waals surface area contributed by atoms with Crippen molar-refractivity contribution in [1.82, 2.24) is 14.5 Å². The SMILES string of the molecule is c1ccc2c(c1)-c1ccccc1-c1ncc(-n3c4ccccc4c4cc5oc6ccccc6c5cc43)nc1-c1ccccc1-2. The fourth-order valence-electron chi connectivity index (χ4n) is 7.11. The van der Waals surface area contributed by atoms with Gasteiger partial charge < -0.3 is 4.42 Å². The molecule has 0 radical (unpaired) electrons. The van der Waals surface area contributed by atoms with Gasteiger partial charge in [0.2, 0.25) is 0 Å². The van der Waals surface area contributed by atoms with Crippen LogP contribution in [-0.2, 0) is 0 Å². The first-order valence-corrected chi connectivity index (χ1v) is 14.8. The second-order valence-electron chi connectivity index (χ2n) is 11.4. The van der Waals surface area contributed by atoms with Gasteiger partial charge in [-0.2, -0.15) is 0 Å². The Morgan fingerprint density at radius 3 is 1.73 bits per heavy atom. The Labute approximate surface area is 252 Å². The van der Waals surface area contributed by atoms with E-state index in [1.165, 1.54) is 11.1 Å². The summed E-state index contributed by atoms with van der Waals surface area (Å²) in [7, 11) is 0. The third-order valence-corrected chi connectivity index (χ3v) is 9.03. The summed E-state index contributed by atoms with van der Waals surface area (Å²) in [4.78, 5) is 10.7. The number of furan rings is 1. The standard InChI is InChI=1S/C40H23N3O/c1-2-12-25-24(11-1)26-13-3-5-17-30(26)39-40(31-18-6-4-14-27(25)31)42-38(23-41-39)43-34-19-9-7-15-28(34)32-22-37-33(21-35(32)43)29-16-8-10-20-36(29)44-37/h1-23H. The zero-order chi connectivity index (χ0) is 28.8. The lowest BCUT2D eigenvalue weighted by atomic mass is 9.84. The summed E-state index contributed by atoms with van der Waals surface area (Å²) >= 11 is 0. The predicted molar refractivity (Wildman–Crippen MR) is 179 cm³/mol. The smallest absolute Gasteiger partial charge is 0.156 e. The number of nitrogens with zero attached hydrogens (tertiary/aromatic N) is 3. The van der Waals surface area contributed by atoms with Crippen LogP contribution >= 0.6 is 0 Å². The molecule has 0 aliphatic heterocycles. The second kappa shape index (κ2) is 8.76. The van der Waals surface area contributed by atoms with Crippen LogP contribution in [0.5, 0.6) is 0 Å². The van der Waals surface area contributed by atoms with Crippen LogP contribution in [0.1, 0.15) is 0 Å². The highest BCUT2D eigenvalue weighted by atomic mass is 16.3. The Kier molecular flexibility index (Phi) is 4.69. The third kappa shape index (κ3) is 3.17. The Bertz CT molecular complexity index is 2620. The summed E-state index contributed by atoms with van der Waals surface area (Å²) in [5, 5.41) is 4.47. The number of hydrogen-bond donors (Lipinski definition) is 0. The van der Waals surface area contributed by atoms with Crippen LogP contribution < -0.4 is 0 Å². The van der Waals surface area contributed by atoms with E-state index in [9.17, 15) is 0 Å². The van der Waals surface area contributed by atoms with E-state index >= 15 is 0 Å². The molecule has 0 amide bonds. The van der Waals surface area contributed by atoms with Gasteiger partial charge in [0.25, 0.3) is 0 Å². The lowest BCUT2D eigenvalue weighted by Gasteiger charge is -2.22. The molecule has 3 aromatic heterocycles. The highest BCUT2D eigenvalue weighted by Crippen LogP contribution is 2.46. The zero-order valence-electron chi connectivity index (χ0n) is 23.5. The molecule has 0 bridgehead atoms. The van der Waals surface area contributed by atoms with Gasteiger partial charge in [0.05, 0.1) is 28.6 Å². The molecule has 44 heavy (non-hydrogen) atoms. The summed E-state index contributed by atoms with van der Waals surface area (Å²) in [6.45, 7) is 0. The highest BCUT2D eigenvalue weighted by molar-refractivity contribution is 6.17. The van der Waals surface area contributed by atoms with Crippen molar-refractivity contribution < 1.29 is 4.42 Å². The summed E-state index contributed by atoms with van der Waals surface area (Å²) in [5.41, 5.74) is 12.5. The normalized spacial score (nSPS) is 12.1. The van der Waals surface area contributed by atoms with E-state index in [-0.39, 0.29) is 0 Å². The maximum Gasteiger partial charge on any atom is 0.156 e. The van der Waals surface area contributed by atoms with E-state index in [2.05, 4.69) is 126 Å². The molecule has 0 atom stereocenters. The number of aromatic nitrogens is 3. The molecule has 6 aromatic carbocycles. The van der Waals surface area contributed by atoms with Crippen molar-refractivity contribution in [3.63, 3.8) is 0 Å². The lowest BCUT2D eigenvalue weighted by molar-refractivity contribution is 0.669. The van der Waals surface area contributed by atoms with Gasteiger partial charge in [-0.25, -0.2) is 4.98 Å². The minimum absolute atomic E-state index is 0.781. The summed E-state index contributed by atoms with van der Waals surface area (Å²) in [6, 6.07) is 46.9. The summed E-state index contributed by atoms with van der Waals surface area (Å²) < 4.78 is 8.54. The largest absolute Gasteiger partial charge is 0.456 e. The van der Waals surface area contributed by atoms with E-state index in [1.807, 2.05) is 18.3 Å². The van der Waals surface area contributed by atoms with Crippen LogP contribution in [0.15, 0.2) is 144 Å². The molecular weight excluding hydrogens is 538 g/mol. The molecule has 0 spiro atoms. The van der Waals surface area contributed by atoms with Crippen molar-refractivity contribution in [1.29, 1.82) is 0 Å². The Hall–Kier alpha value is -6.00. The second-order valence-corrected chi connectivity index (χ2v) is 11.4. The number of hydrogen-bond acceptors (Lipinski definition) is 3. The molecule has 0 fully saturated rings. The topological polar surface area (TPSA) is 43.9 Å². The van der Waals surface area contributed by atoms with Gasteiger partial charge in [-0.1, -0.05) is 109 Å². The molecule has 1 aliphatic carbocycles. The predicted octanol–water partition coefficient (Wildman–Crippen LogP) is 10.5. The van der Waals surface area contributed by atoms with Crippen molar-refractivity contribution in [3.8, 4) is 50.6 Å². The van der Waals surface area contributed by atoms with E-state index in [1.54, 1.807) is 0 Å². The summed E-state index contributed by atoms with van der Waals surface area (Å²) in [5.74, 6) is 0.781. The fourth-order valence-corrected chi connectivity index (χ4v) is 7.11. The van der Waals surface area contributed by atoms with Crippen LogP contribution in [0.25, 0.3) is 94.3 Å². The Balaban J connectivity index is 1.32. The minimum Gasteiger partial charge on any atom is -0.456 e. The van der Waals surface area contributed by atoms with Crippen molar-refractivity contribution in [2.75, 3.05) is 0 Å². The average Bonchev–Trinajstić information content (AvgIpc) is 3.61. The van der Waals surface area contributed by atoms with Gasteiger partial charge in [0, 0.05) is 32.7 Å². The number of para-hydroxylation sites is 2. The van der Waals surface area contributed by atoms with E-state index < -0.39 is 0 Å². The third-order valence-electron chi connectivity index (χ3n) is 9.03. The van der Waals surface area contributed by atoms with Gasteiger partial charge in [0.15, 0.2) is 5.82 Å². The van der Waals surface area contributed by atoms with Crippen LogP contribution in [0.4, 0.5) is 0 Å². The summed E-state index contributed by atoms with van der Waals surface area (Å²) in [6.07, 6.45) is 1.93. The number of benzene rings is 6. The molecule has 9 aromatic rings. The van der Waals surface area contributed by atoms with Crippen molar-refractivity contribution >= 4 is 43.7 Å². The molecule has 4 heteroatoms. The maximum absolute atomic E-state index is 6.29. The molecule has 3 heterocycles. The Morgan fingerprint density at radius 1 is 0.432 bits per heavy atom. The lowest BCUT2D eigenvalue weighted by Crippen LogP contribution is -2.05. The van der Waals surface area contributed by atoms with Crippen LogP contribution in [-0.4, -0.2) is 14.5 Å². The van der Waals surface area contributed by atoms with Crippen molar-refractivity contribution in [2.45, 2.75) is 0 Å². The van der Waals surface area contributed by atoms with Crippen LogP contribution in [0, 0.1) is 0 Å². The van der Waals surface area contributed by atoms with Crippen LogP contribution in [0.3, 0.4) is 0 Å². The first-order valence-electron chi connectivity index (χ1n) is 14.8. The molecule has 0 N–H and O–H groups in total. The average molecular weight is 562 g/mol. The van der Waals surface area contributed by atoms with Crippen LogP contribution in [0.2, 0.25) is 0 Å². The molecule has 4 nitrogen and oxygen atoms in total. The van der Waals surface area contributed by atoms with Gasteiger partial charge in [0.1, 0.15) is 11.2 Å². The zero-order valence-corrected chi connectivity index (χ0v) is 23.5. The van der Waals surface area contributed by atoms with E-state index in [0.717, 1.165) is 83.2 Å². The fraction of sp³-hybridized carbons (Fsp3) is 0. The van der Waals surface area contributed by atoms with Gasteiger partial charge >= 0.3 is 0 Å². The maximum atomic E-state index is 6.29. The minimum atomic E-state index is 0.781. The van der Waals surface area contributed by atoms with Gasteiger partial charge in [-0.15, -0.1) is 0 Å². The number of rotatable bonds is 1. The van der Waals surface area contributed by atoms with E-state index in [4.69, 9.17) is 14.4 Å². The first-order chi connectivity index (χ1) is 21.8.